The summed E-state index contributed by atoms with van der Waals surface area (Å²) in [6.45, 7) is 6.89. The standard InChI is InChI=1S/C13H19N5/c1-2-12-4-5-13(16-15-12)18-10-8-17(9-11-18)7-3-6-14/h4-5H,2-3,7-11H2,1H3. The van der Waals surface area contributed by atoms with E-state index in [1.807, 2.05) is 6.07 Å². The second kappa shape index (κ2) is 6.31. The molecule has 0 atom stereocenters. The van der Waals surface area contributed by atoms with Crippen LogP contribution in [0.1, 0.15) is 19.0 Å². The highest BCUT2D eigenvalue weighted by Gasteiger charge is 2.17. The first-order valence-corrected chi connectivity index (χ1v) is 6.50. The molecule has 0 bridgehead atoms. The Balaban J connectivity index is 1.87. The molecule has 0 spiro atoms. The smallest absolute Gasteiger partial charge is 0.151 e. The Morgan fingerprint density at radius 1 is 1.22 bits per heavy atom. The van der Waals surface area contributed by atoms with Gasteiger partial charge in [0.15, 0.2) is 5.82 Å². The van der Waals surface area contributed by atoms with Crippen molar-refractivity contribution in [1.82, 2.24) is 15.1 Å². The summed E-state index contributed by atoms with van der Waals surface area (Å²) >= 11 is 0. The SMILES string of the molecule is CCc1ccc(N2CCN(CCC#N)CC2)nn1. The summed E-state index contributed by atoms with van der Waals surface area (Å²) in [6, 6.07) is 6.29. The number of anilines is 1. The number of aryl methyl sites for hydroxylation is 1. The quantitative estimate of drug-likeness (QED) is 0.794. The average Bonchev–Trinajstić information content (AvgIpc) is 2.46. The fourth-order valence-corrected chi connectivity index (χ4v) is 2.12. The molecule has 1 aromatic heterocycles. The van der Waals surface area contributed by atoms with Crippen LogP contribution in [-0.2, 0) is 6.42 Å². The monoisotopic (exact) mass is 245 g/mol. The molecular formula is C13H19N5. The summed E-state index contributed by atoms with van der Waals surface area (Å²) < 4.78 is 0. The minimum atomic E-state index is 0.616. The second-order valence-corrected chi connectivity index (χ2v) is 4.47. The van der Waals surface area contributed by atoms with Crippen molar-refractivity contribution in [2.45, 2.75) is 19.8 Å². The zero-order chi connectivity index (χ0) is 12.8. The van der Waals surface area contributed by atoms with Crippen LogP contribution < -0.4 is 4.90 Å². The molecule has 1 saturated heterocycles. The minimum absolute atomic E-state index is 0.616. The highest BCUT2D eigenvalue weighted by atomic mass is 15.3. The molecule has 0 aromatic carbocycles. The maximum absolute atomic E-state index is 8.57. The van der Waals surface area contributed by atoms with Crippen LogP contribution in [0.2, 0.25) is 0 Å². The second-order valence-electron chi connectivity index (χ2n) is 4.47. The van der Waals surface area contributed by atoms with E-state index in [0.717, 1.165) is 50.7 Å². The third kappa shape index (κ3) is 3.17. The first-order chi connectivity index (χ1) is 8.83. The maximum atomic E-state index is 8.57. The van der Waals surface area contributed by atoms with Gasteiger partial charge in [-0.2, -0.15) is 10.4 Å². The predicted octanol–water partition coefficient (Wildman–Crippen LogP) is 1.07. The lowest BCUT2D eigenvalue weighted by Gasteiger charge is -2.34. The van der Waals surface area contributed by atoms with Gasteiger partial charge in [-0.15, -0.1) is 5.10 Å². The van der Waals surface area contributed by atoms with Gasteiger partial charge in [0.1, 0.15) is 0 Å². The topological polar surface area (TPSA) is 56.0 Å². The molecule has 0 N–H and O–H groups in total. The molecular weight excluding hydrogens is 226 g/mol. The maximum Gasteiger partial charge on any atom is 0.151 e. The van der Waals surface area contributed by atoms with Gasteiger partial charge in [-0.3, -0.25) is 4.90 Å². The zero-order valence-electron chi connectivity index (χ0n) is 10.8. The van der Waals surface area contributed by atoms with E-state index in [2.05, 4.69) is 39.1 Å². The molecule has 5 heteroatoms. The third-order valence-electron chi connectivity index (χ3n) is 3.30. The average molecular weight is 245 g/mol. The van der Waals surface area contributed by atoms with E-state index < -0.39 is 0 Å². The van der Waals surface area contributed by atoms with Gasteiger partial charge in [0.25, 0.3) is 0 Å². The number of nitrogens with zero attached hydrogens (tertiary/aromatic N) is 5. The van der Waals surface area contributed by atoms with Crippen molar-refractivity contribution < 1.29 is 0 Å². The van der Waals surface area contributed by atoms with Crippen molar-refractivity contribution in [3.63, 3.8) is 0 Å². The molecule has 0 amide bonds. The van der Waals surface area contributed by atoms with Gasteiger partial charge in [-0.1, -0.05) is 6.92 Å². The Bertz CT molecular complexity index is 400. The fraction of sp³-hybridized carbons (Fsp3) is 0.615. The molecule has 18 heavy (non-hydrogen) atoms. The van der Waals surface area contributed by atoms with E-state index in [1.54, 1.807) is 0 Å². The first-order valence-electron chi connectivity index (χ1n) is 6.50. The lowest BCUT2D eigenvalue weighted by atomic mass is 10.2. The molecule has 1 aromatic rings. The summed E-state index contributed by atoms with van der Waals surface area (Å²) in [7, 11) is 0. The fourth-order valence-electron chi connectivity index (χ4n) is 2.12. The highest BCUT2D eigenvalue weighted by Crippen LogP contribution is 2.12. The molecule has 0 aliphatic carbocycles. The number of hydrogen-bond acceptors (Lipinski definition) is 5. The summed E-state index contributed by atoms with van der Waals surface area (Å²) in [5.74, 6) is 0.965. The van der Waals surface area contributed by atoms with Crippen molar-refractivity contribution in [2.24, 2.45) is 0 Å². The Labute approximate surface area is 108 Å². The largest absolute Gasteiger partial charge is 0.353 e. The van der Waals surface area contributed by atoms with E-state index >= 15 is 0 Å². The normalized spacial score (nSPS) is 16.6. The Morgan fingerprint density at radius 2 is 2.00 bits per heavy atom. The Hall–Kier alpha value is -1.67. The van der Waals surface area contributed by atoms with Crippen LogP contribution in [0.5, 0.6) is 0 Å². The summed E-state index contributed by atoms with van der Waals surface area (Å²) in [5, 5.41) is 17.0. The van der Waals surface area contributed by atoms with E-state index in [0.29, 0.717) is 6.42 Å². The summed E-state index contributed by atoms with van der Waals surface area (Å²) in [4.78, 5) is 4.59. The molecule has 1 aliphatic rings. The summed E-state index contributed by atoms with van der Waals surface area (Å²) in [6.07, 6.45) is 1.54. The molecule has 0 saturated carbocycles. The number of nitriles is 1. The van der Waals surface area contributed by atoms with Crippen LogP contribution in [0.4, 0.5) is 5.82 Å². The predicted molar refractivity (Wildman–Crippen MR) is 70.3 cm³/mol. The van der Waals surface area contributed by atoms with Crippen molar-refractivity contribution in [3.05, 3.63) is 17.8 Å². The van der Waals surface area contributed by atoms with Crippen molar-refractivity contribution in [2.75, 3.05) is 37.6 Å². The van der Waals surface area contributed by atoms with Crippen molar-refractivity contribution in [3.8, 4) is 6.07 Å². The summed E-state index contributed by atoms with van der Waals surface area (Å²) in [5.41, 5.74) is 1.03. The molecule has 1 fully saturated rings. The molecule has 2 rings (SSSR count). The molecule has 0 radical (unpaired) electrons. The highest BCUT2D eigenvalue weighted by molar-refractivity contribution is 5.37. The number of rotatable bonds is 4. The van der Waals surface area contributed by atoms with Crippen LogP contribution in [0, 0.1) is 11.3 Å². The van der Waals surface area contributed by atoms with Gasteiger partial charge in [-0.05, 0) is 18.6 Å². The van der Waals surface area contributed by atoms with Crippen LogP contribution in [0.15, 0.2) is 12.1 Å². The lowest BCUT2D eigenvalue weighted by molar-refractivity contribution is 0.263. The van der Waals surface area contributed by atoms with Gasteiger partial charge < -0.3 is 4.90 Å². The molecule has 0 unspecified atom stereocenters. The van der Waals surface area contributed by atoms with Crippen LogP contribution >= 0.6 is 0 Å². The Kier molecular flexibility index (Phi) is 4.48. The Morgan fingerprint density at radius 3 is 2.56 bits per heavy atom. The lowest BCUT2D eigenvalue weighted by Crippen LogP contribution is -2.46. The number of piperazine rings is 1. The number of aromatic nitrogens is 2. The zero-order valence-corrected chi connectivity index (χ0v) is 10.8. The van der Waals surface area contributed by atoms with Crippen molar-refractivity contribution >= 4 is 5.82 Å². The minimum Gasteiger partial charge on any atom is -0.353 e. The van der Waals surface area contributed by atoms with E-state index in [1.165, 1.54) is 0 Å². The van der Waals surface area contributed by atoms with Crippen LogP contribution in [0.3, 0.4) is 0 Å². The van der Waals surface area contributed by atoms with Gasteiger partial charge in [-0.25, -0.2) is 0 Å². The molecule has 96 valence electrons. The van der Waals surface area contributed by atoms with Gasteiger partial charge in [0.05, 0.1) is 11.8 Å². The van der Waals surface area contributed by atoms with Gasteiger partial charge in [0.2, 0.25) is 0 Å². The first kappa shape index (κ1) is 12.8. The van der Waals surface area contributed by atoms with Crippen LogP contribution in [-0.4, -0.2) is 47.8 Å². The molecule has 2 heterocycles. The molecule has 1 aliphatic heterocycles. The van der Waals surface area contributed by atoms with Gasteiger partial charge >= 0.3 is 0 Å². The van der Waals surface area contributed by atoms with E-state index in [9.17, 15) is 0 Å². The number of hydrogen-bond donors (Lipinski definition) is 0. The van der Waals surface area contributed by atoms with Crippen LogP contribution in [0.25, 0.3) is 0 Å². The van der Waals surface area contributed by atoms with E-state index in [4.69, 9.17) is 5.26 Å². The van der Waals surface area contributed by atoms with E-state index in [-0.39, 0.29) is 0 Å². The third-order valence-corrected chi connectivity index (χ3v) is 3.30. The molecule has 5 nitrogen and oxygen atoms in total. The van der Waals surface area contributed by atoms with Crippen molar-refractivity contribution in [1.29, 1.82) is 5.26 Å². The van der Waals surface area contributed by atoms with Gasteiger partial charge in [0, 0.05) is 39.1 Å².